The Bertz CT molecular complexity index is 627. The highest BCUT2D eigenvalue weighted by molar-refractivity contribution is 14.0. The van der Waals surface area contributed by atoms with Gasteiger partial charge in [0.25, 0.3) is 0 Å². The molecule has 1 aromatic rings. The molecular formula is C19H35IN4OS2. The largest absolute Gasteiger partial charge is 0.357 e. The van der Waals surface area contributed by atoms with Gasteiger partial charge >= 0.3 is 0 Å². The summed E-state index contributed by atoms with van der Waals surface area (Å²) in [6.45, 7) is 12.1. The van der Waals surface area contributed by atoms with E-state index >= 15 is 0 Å². The minimum Gasteiger partial charge on any atom is -0.357 e. The van der Waals surface area contributed by atoms with E-state index in [4.69, 9.17) is 9.98 Å². The Kier molecular flexibility index (Phi) is 10.8. The zero-order valence-corrected chi connectivity index (χ0v) is 21.2. The summed E-state index contributed by atoms with van der Waals surface area (Å²) in [5.41, 5.74) is 1.20. The first-order valence-electron chi connectivity index (χ1n) is 9.70. The molecule has 27 heavy (non-hydrogen) atoms. The van der Waals surface area contributed by atoms with Crippen molar-refractivity contribution in [2.75, 3.05) is 12.3 Å². The molecule has 1 saturated carbocycles. The zero-order valence-electron chi connectivity index (χ0n) is 17.2. The van der Waals surface area contributed by atoms with Gasteiger partial charge in [-0.1, -0.05) is 34.1 Å². The number of halogens is 1. The summed E-state index contributed by atoms with van der Waals surface area (Å²) in [7, 11) is -0.701. The third-order valence-corrected chi connectivity index (χ3v) is 7.23. The van der Waals surface area contributed by atoms with Crippen LogP contribution in [0.3, 0.4) is 0 Å². The van der Waals surface area contributed by atoms with Gasteiger partial charge in [0.05, 0.1) is 12.2 Å². The van der Waals surface area contributed by atoms with Crippen LogP contribution in [-0.4, -0.2) is 38.7 Å². The summed E-state index contributed by atoms with van der Waals surface area (Å²) < 4.78 is 12.1. The minimum atomic E-state index is -0.701. The van der Waals surface area contributed by atoms with E-state index in [9.17, 15) is 4.21 Å². The molecule has 0 bridgehead atoms. The molecule has 3 atom stereocenters. The standard InChI is InChI=1S/C19H34N4OS2.HI/c1-6-20-18(21-12-17-23-16(13-25-17)19(3,4)5)22-14-9-8-10-15(11-14)26(24)7-2;/h13-15H,6-12H2,1-5H3,(H2,20,21,22);1H. The maximum absolute atomic E-state index is 12.1. The van der Waals surface area contributed by atoms with E-state index in [1.165, 1.54) is 0 Å². The highest BCUT2D eigenvalue weighted by Gasteiger charge is 2.26. The van der Waals surface area contributed by atoms with Crippen molar-refractivity contribution < 1.29 is 4.21 Å². The highest BCUT2D eigenvalue weighted by atomic mass is 127. The molecule has 0 radical (unpaired) electrons. The minimum absolute atomic E-state index is 0. The van der Waals surface area contributed by atoms with Crippen LogP contribution in [0.15, 0.2) is 10.4 Å². The van der Waals surface area contributed by atoms with Gasteiger partial charge < -0.3 is 10.6 Å². The topological polar surface area (TPSA) is 66.4 Å². The molecule has 2 N–H and O–H groups in total. The van der Waals surface area contributed by atoms with Crippen molar-refractivity contribution in [1.29, 1.82) is 0 Å². The Hall–Kier alpha value is -0.220. The molecule has 0 aromatic carbocycles. The van der Waals surface area contributed by atoms with E-state index in [0.717, 1.165) is 54.6 Å². The lowest BCUT2D eigenvalue weighted by Gasteiger charge is -2.30. The van der Waals surface area contributed by atoms with Crippen molar-refractivity contribution in [2.45, 2.75) is 83.6 Å². The Morgan fingerprint density at radius 1 is 1.37 bits per heavy atom. The van der Waals surface area contributed by atoms with Crippen LogP contribution < -0.4 is 10.6 Å². The van der Waals surface area contributed by atoms with Gasteiger partial charge in [0.15, 0.2) is 5.96 Å². The van der Waals surface area contributed by atoms with Gasteiger partial charge in [-0.25, -0.2) is 9.98 Å². The van der Waals surface area contributed by atoms with Crippen LogP contribution in [0.5, 0.6) is 0 Å². The second kappa shape index (κ2) is 11.7. The van der Waals surface area contributed by atoms with Gasteiger partial charge in [-0.05, 0) is 26.2 Å². The van der Waals surface area contributed by atoms with E-state index in [1.54, 1.807) is 11.3 Å². The van der Waals surface area contributed by atoms with Gasteiger partial charge in [-0.3, -0.25) is 4.21 Å². The molecule has 3 unspecified atom stereocenters. The van der Waals surface area contributed by atoms with Crippen molar-refractivity contribution in [3.63, 3.8) is 0 Å². The fourth-order valence-corrected chi connectivity index (χ4v) is 5.43. The number of thiazole rings is 1. The van der Waals surface area contributed by atoms with Crippen LogP contribution in [0, 0.1) is 0 Å². The molecule has 2 rings (SSSR count). The van der Waals surface area contributed by atoms with E-state index < -0.39 is 10.8 Å². The predicted octanol–water partition coefficient (Wildman–Crippen LogP) is 4.19. The average Bonchev–Trinajstić information content (AvgIpc) is 3.09. The fourth-order valence-electron chi connectivity index (χ4n) is 3.14. The molecule has 8 heteroatoms. The molecular weight excluding hydrogens is 491 g/mol. The van der Waals surface area contributed by atoms with E-state index in [1.807, 2.05) is 6.92 Å². The SMILES string of the molecule is CCNC(=NCc1nc(C(C)(C)C)cs1)NC1CCCC(S(=O)CC)C1.I. The van der Waals surface area contributed by atoms with Crippen molar-refractivity contribution in [3.05, 3.63) is 16.1 Å². The van der Waals surface area contributed by atoms with Gasteiger partial charge in [0, 0.05) is 45.2 Å². The molecule has 0 saturated heterocycles. The predicted molar refractivity (Wildman–Crippen MR) is 129 cm³/mol. The van der Waals surface area contributed by atoms with Crippen molar-refractivity contribution >= 4 is 52.1 Å². The van der Waals surface area contributed by atoms with E-state index in [2.05, 4.69) is 43.7 Å². The molecule has 0 spiro atoms. The summed E-state index contributed by atoms with van der Waals surface area (Å²) in [6, 6.07) is 0.350. The van der Waals surface area contributed by atoms with E-state index in [0.29, 0.717) is 17.8 Å². The Morgan fingerprint density at radius 2 is 2.11 bits per heavy atom. The summed E-state index contributed by atoms with van der Waals surface area (Å²) in [4.78, 5) is 9.45. The lowest BCUT2D eigenvalue weighted by atomic mass is 9.93. The second-order valence-electron chi connectivity index (χ2n) is 7.87. The Balaban J connectivity index is 0.00000364. The molecule has 1 fully saturated rings. The molecule has 1 aliphatic rings. The van der Waals surface area contributed by atoms with Gasteiger partial charge in [0.1, 0.15) is 5.01 Å². The van der Waals surface area contributed by atoms with Crippen molar-refractivity contribution in [2.24, 2.45) is 4.99 Å². The second-order valence-corrected chi connectivity index (χ2v) is 10.8. The molecule has 0 amide bonds. The first-order valence-corrected chi connectivity index (χ1v) is 12.0. The van der Waals surface area contributed by atoms with Gasteiger partial charge in [-0.15, -0.1) is 35.3 Å². The Morgan fingerprint density at radius 3 is 2.70 bits per heavy atom. The summed E-state index contributed by atoms with van der Waals surface area (Å²) in [6.07, 6.45) is 4.31. The van der Waals surface area contributed by atoms with Crippen LogP contribution in [0.1, 0.15) is 71.0 Å². The molecule has 0 aliphatic heterocycles. The summed E-state index contributed by atoms with van der Waals surface area (Å²) >= 11 is 1.68. The molecule has 1 aliphatic carbocycles. The number of aliphatic imine (C=N–C) groups is 1. The maximum Gasteiger partial charge on any atom is 0.191 e. The van der Waals surface area contributed by atoms with Crippen LogP contribution >= 0.6 is 35.3 Å². The lowest BCUT2D eigenvalue weighted by molar-refractivity contribution is 0.413. The summed E-state index contributed by atoms with van der Waals surface area (Å²) in [5, 5.41) is 10.4. The smallest absolute Gasteiger partial charge is 0.191 e. The van der Waals surface area contributed by atoms with Crippen LogP contribution in [0.25, 0.3) is 0 Å². The van der Waals surface area contributed by atoms with E-state index in [-0.39, 0.29) is 29.4 Å². The monoisotopic (exact) mass is 526 g/mol. The molecule has 5 nitrogen and oxygen atoms in total. The normalized spacial score (nSPS) is 22.0. The number of guanidine groups is 1. The van der Waals surface area contributed by atoms with Crippen molar-refractivity contribution in [3.8, 4) is 0 Å². The molecule has 156 valence electrons. The average molecular weight is 527 g/mol. The zero-order chi connectivity index (χ0) is 19.2. The van der Waals surface area contributed by atoms with Crippen molar-refractivity contribution in [1.82, 2.24) is 15.6 Å². The number of rotatable bonds is 6. The number of nitrogens with one attached hydrogen (secondary N) is 2. The number of hydrogen-bond acceptors (Lipinski definition) is 4. The molecule has 1 heterocycles. The quantitative estimate of drug-likeness (QED) is 0.332. The van der Waals surface area contributed by atoms with Gasteiger partial charge in [-0.2, -0.15) is 0 Å². The van der Waals surface area contributed by atoms with Crippen LogP contribution in [-0.2, 0) is 22.8 Å². The highest BCUT2D eigenvalue weighted by Crippen LogP contribution is 2.25. The Labute approximate surface area is 188 Å². The third-order valence-electron chi connectivity index (χ3n) is 4.66. The van der Waals surface area contributed by atoms with Gasteiger partial charge in [0.2, 0.25) is 0 Å². The number of nitrogens with zero attached hydrogens (tertiary/aromatic N) is 2. The third kappa shape index (κ3) is 7.97. The summed E-state index contributed by atoms with van der Waals surface area (Å²) in [5.74, 6) is 1.60. The first kappa shape index (κ1) is 24.8. The number of hydrogen-bond donors (Lipinski definition) is 2. The van der Waals surface area contributed by atoms with Crippen LogP contribution in [0.4, 0.5) is 0 Å². The fraction of sp³-hybridized carbons (Fsp3) is 0.789. The van der Waals surface area contributed by atoms with Crippen LogP contribution in [0.2, 0.25) is 0 Å². The first-order chi connectivity index (χ1) is 12.3. The molecule has 1 aromatic heterocycles. The lowest BCUT2D eigenvalue weighted by Crippen LogP contribution is -2.46. The maximum atomic E-state index is 12.1. The number of aromatic nitrogens is 1.